The van der Waals surface area contributed by atoms with Gasteiger partial charge >= 0.3 is 0 Å². The van der Waals surface area contributed by atoms with Gasteiger partial charge in [0.25, 0.3) is 0 Å². The maximum atomic E-state index is 10.9. The fourth-order valence-electron chi connectivity index (χ4n) is 5.83. The summed E-state index contributed by atoms with van der Waals surface area (Å²) < 4.78 is 0.975. The van der Waals surface area contributed by atoms with Crippen molar-refractivity contribution >= 4 is 38.6 Å². The van der Waals surface area contributed by atoms with Gasteiger partial charge in [-0.25, -0.2) is 4.98 Å². The number of nitrogen functional groups attached to an aromatic ring is 1. The molecular formula is C18H21BrN4O. The van der Waals surface area contributed by atoms with E-state index in [2.05, 4.69) is 31.2 Å². The van der Waals surface area contributed by atoms with Crippen LogP contribution in [0.5, 0.6) is 0 Å². The van der Waals surface area contributed by atoms with E-state index in [4.69, 9.17) is 5.73 Å². The van der Waals surface area contributed by atoms with Gasteiger partial charge in [-0.15, -0.1) is 0 Å². The molecule has 2 unspecified atom stereocenters. The molecule has 4 aliphatic rings. The summed E-state index contributed by atoms with van der Waals surface area (Å²) in [5.74, 6) is 2.34. The van der Waals surface area contributed by atoms with Crippen LogP contribution in [0.1, 0.15) is 38.5 Å². The molecule has 6 rings (SSSR count). The normalized spacial score (nSPS) is 37.1. The third kappa shape index (κ3) is 2.30. The zero-order valence-corrected chi connectivity index (χ0v) is 15.0. The first-order valence-corrected chi connectivity index (χ1v) is 9.45. The van der Waals surface area contributed by atoms with E-state index in [1.165, 1.54) is 6.42 Å². The van der Waals surface area contributed by atoms with E-state index < -0.39 is 5.60 Å². The standard InChI is InChI=1S/C18H21BrN4O/c19-12-1-2-13-14(4-12)21-16(20)22-15(13)23-17-5-10-3-11(6-17)8-18(24,7-10)9-17/h1-2,4,10-11,24H,3,5-9H2,(H3,20,21,22,23)/t10-,11+,17?,18?. The highest BCUT2D eigenvalue weighted by Crippen LogP contribution is 2.58. The van der Waals surface area contributed by atoms with Crippen molar-refractivity contribution in [2.45, 2.75) is 49.7 Å². The van der Waals surface area contributed by atoms with Gasteiger partial charge in [0.15, 0.2) is 0 Å². The molecule has 24 heavy (non-hydrogen) atoms. The number of hydrogen-bond donors (Lipinski definition) is 3. The average Bonchev–Trinajstić information content (AvgIpc) is 2.43. The molecule has 4 atom stereocenters. The van der Waals surface area contributed by atoms with Crippen molar-refractivity contribution in [2.24, 2.45) is 11.8 Å². The monoisotopic (exact) mass is 388 g/mol. The minimum absolute atomic E-state index is 0.0559. The number of aromatic nitrogens is 2. The molecule has 4 N–H and O–H groups in total. The lowest BCUT2D eigenvalue weighted by molar-refractivity contribution is -0.127. The number of hydrogen-bond acceptors (Lipinski definition) is 5. The molecule has 0 spiro atoms. The second-order valence-electron chi connectivity index (χ2n) is 8.18. The van der Waals surface area contributed by atoms with Crippen LogP contribution in [-0.4, -0.2) is 26.2 Å². The van der Waals surface area contributed by atoms with E-state index >= 15 is 0 Å². The smallest absolute Gasteiger partial charge is 0.222 e. The minimum atomic E-state index is -0.492. The molecule has 4 saturated carbocycles. The number of nitrogens with one attached hydrogen (secondary N) is 1. The second-order valence-corrected chi connectivity index (χ2v) is 9.10. The molecule has 0 radical (unpaired) electrons. The van der Waals surface area contributed by atoms with Crippen molar-refractivity contribution in [3.63, 3.8) is 0 Å². The van der Waals surface area contributed by atoms with E-state index in [-0.39, 0.29) is 11.5 Å². The average molecular weight is 389 g/mol. The summed E-state index contributed by atoms with van der Waals surface area (Å²) in [6.07, 6.45) is 6.25. The highest BCUT2D eigenvalue weighted by atomic mass is 79.9. The van der Waals surface area contributed by atoms with Crippen LogP contribution in [0, 0.1) is 11.8 Å². The van der Waals surface area contributed by atoms with Crippen molar-refractivity contribution in [1.29, 1.82) is 0 Å². The summed E-state index contributed by atoms with van der Waals surface area (Å²) in [5, 5.41) is 15.6. The zero-order chi connectivity index (χ0) is 16.5. The highest BCUT2D eigenvalue weighted by Gasteiger charge is 2.57. The molecule has 4 bridgehead atoms. The maximum absolute atomic E-state index is 10.9. The molecule has 2 aromatic rings. The molecule has 126 valence electrons. The molecule has 1 aromatic carbocycles. The Balaban J connectivity index is 1.57. The largest absolute Gasteiger partial charge is 0.390 e. The number of anilines is 2. The van der Waals surface area contributed by atoms with Gasteiger partial charge < -0.3 is 16.2 Å². The summed E-state index contributed by atoms with van der Waals surface area (Å²) in [6.45, 7) is 0. The number of benzene rings is 1. The van der Waals surface area contributed by atoms with E-state index in [1.54, 1.807) is 0 Å². The van der Waals surface area contributed by atoms with E-state index in [9.17, 15) is 5.11 Å². The number of halogens is 1. The minimum Gasteiger partial charge on any atom is -0.390 e. The highest BCUT2D eigenvalue weighted by molar-refractivity contribution is 9.10. The number of rotatable bonds is 2. The lowest BCUT2D eigenvalue weighted by Gasteiger charge is -2.60. The molecule has 0 amide bonds. The Morgan fingerprint density at radius 3 is 2.62 bits per heavy atom. The summed E-state index contributed by atoms with van der Waals surface area (Å²) in [5.41, 5.74) is 6.23. The first-order valence-electron chi connectivity index (χ1n) is 8.65. The molecule has 4 fully saturated rings. The van der Waals surface area contributed by atoms with Gasteiger partial charge in [0.2, 0.25) is 5.95 Å². The third-order valence-corrected chi connectivity index (χ3v) is 6.58. The predicted octanol–water partition coefficient (Wildman–Crippen LogP) is 3.47. The molecule has 4 aliphatic carbocycles. The lowest BCUT2D eigenvalue weighted by Crippen LogP contribution is -2.62. The van der Waals surface area contributed by atoms with Crippen LogP contribution in [0.3, 0.4) is 0 Å². The van der Waals surface area contributed by atoms with E-state index in [0.717, 1.165) is 53.3 Å². The van der Waals surface area contributed by atoms with Gasteiger partial charge in [0.1, 0.15) is 5.82 Å². The lowest BCUT2D eigenvalue weighted by atomic mass is 9.51. The van der Waals surface area contributed by atoms with Gasteiger partial charge in [-0.05, 0) is 68.6 Å². The van der Waals surface area contributed by atoms with Crippen molar-refractivity contribution in [1.82, 2.24) is 9.97 Å². The van der Waals surface area contributed by atoms with E-state index in [1.807, 2.05) is 18.2 Å². The maximum Gasteiger partial charge on any atom is 0.222 e. The number of fused-ring (bicyclic) bond motifs is 1. The van der Waals surface area contributed by atoms with Crippen LogP contribution >= 0.6 is 15.9 Å². The third-order valence-electron chi connectivity index (χ3n) is 6.09. The predicted molar refractivity (Wildman–Crippen MR) is 97.6 cm³/mol. The number of nitrogens with two attached hydrogens (primary N) is 1. The topological polar surface area (TPSA) is 84.1 Å². The summed E-state index contributed by atoms with van der Waals surface area (Å²) in [6, 6.07) is 5.99. The van der Waals surface area contributed by atoms with Gasteiger partial charge in [0.05, 0.1) is 11.1 Å². The van der Waals surface area contributed by atoms with Gasteiger partial charge in [-0.2, -0.15) is 4.98 Å². The fraction of sp³-hybridized carbons (Fsp3) is 0.556. The Bertz CT molecular complexity index is 820. The van der Waals surface area contributed by atoms with Gasteiger partial charge in [-0.3, -0.25) is 0 Å². The number of aliphatic hydroxyl groups is 1. The first kappa shape index (κ1) is 14.9. The summed E-state index contributed by atoms with van der Waals surface area (Å²) >= 11 is 3.49. The zero-order valence-electron chi connectivity index (χ0n) is 13.4. The van der Waals surface area contributed by atoms with Crippen molar-refractivity contribution < 1.29 is 5.11 Å². The van der Waals surface area contributed by atoms with Crippen LogP contribution < -0.4 is 11.1 Å². The first-order chi connectivity index (χ1) is 11.4. The summed E-state index contributed by atoms with van der Waals surface area (Å²) in [7, 11) is 0. The van der Waals surface area contributed by atoms with Crippen LogP contribution in [0.2, 0.25) is 0 Å². The Kier molecular flexibility index (Phi) is 2.99. The summed E-state index contributed by atoms with van der Waals surface area (Å²) in [4.78, 5) is 8.84. The van der Waals surface area contributed by atoms with Gasteiger partial charge in [0, 0.05) is 15.4 Å². The molecule has 1 aromatic heterocycles. The second kappa shape index (κ2) is 4.82. The Morgan fingerprint density at radius 1 is 1.17 bits per heavy atom. The SMILES string of the molecule is Nc1nc(NC23C[C@@H]4C[C@@H](CC(O)(C4)C2)C3)c2ccc(Br)cc2n1. The Labute approximate surface area is 149 Å². The number of nitrogens with zero attached hydrogens (tertiary/aromatic N) is 2. The molecule has 5 nitrogen and oxygen atoms in total. The molecule has 0 saturated heterocycles. The molecular weight excluding hydrogens is 368 g/mol. The van der Waals surface area contributed by atoms with Crippen molar-refractivity contribution in [2.75, 3.05) is 11.1 Å². The Hall–Kier alpha value is -1.40. The Morgan fingerprint density at radius 2 is 1.92 bits per heavy atom. The van der Waals surface area contributed by atoms with Crippen LogP contribution in [0.4, 0.5) is 11.8 Å². The quantitative estimate of drug-likeness (QED) is 0.733. The fourth-order valence-corrected chi connectivity index (χ4v) is 6.18. The molecule has 0 aliphatic heterocycles. The van der Waals surface area contributed by atoms with Crippen LogP contribution in [0.15, 0.2) is 22.7 Å². The molecule has 6 heteroatoms. The van der Waals surface area contributed by atoms with Crippen LogP contribution in [0.25, 0.3) is 10.9 Å². The van der Waals surface area contributed by atoms with Crippen molar-refractivity contribution in [3.05, 3.63) is 22.7 Å². The van der Waals surface area contributed by atoms with E-state index in [0.29, 0.717) is 11.8 Å². The molecule has 1 heterocycles. The van der Waals surface area contributed by atoms with Crippen molar-refractivity contribution in [3.8, 4) is 0 Å². The van der Waals surface area contributed by atoms with Gasteiger partial charge in [-0.1, -0.05) is 15.9 Å². The van der Waals surface area contributed by atoms with Crippen LogP contribution in [-0.2, 0) is 0 Å².